The summed E-state index contributed by atoms with van der Waals surface area (Å²) in [5.41, 5.74) is 7.06. The van der Waals surface area contributed by atoms with Crippen molar-refractivity contribution in [3.05, 3.63) is 63.4 Å². The van der Waals surface area contributed by atoms with Crippen LogP contribution in [-0.4, -0.2) is 6.54 Å². The molecule has 2 aromatic carbocycles. The van der Waals surface area contributed by atoms with E-state index in [9.17, 15) is 4.39 Å². The van der Waals surface area contributed by atoms with E-state index in [2.05, 4.69) is 0 Å². The highest BCUT2D eigenvalue weighted by molar-refractivity contribution is 6.32. The summed E-state index contributed by atoms with van der Waals surface area (Å²) in [5.74, 6) is 0.106. The molecule has 0 unspecified atom stereocenters. The molecule has 0 saturated carbocycles. The molecule has 2 aromatic rings. The van der Waals surface area contributed by atoms with E-state index in [0.717, 1.165) is 5.56 Å². The van der Waals surface area contributed by atoms with Crippen LogP contribution in [0, 0.1) is 5.82 Å². The third-order valence-corrected chi connectivity index (χ3v) is 3.59. The Kier molecular flexibility index (Phi) is 5.24. The molecule has 0 spiro atoms. The van der Waals surface area contributed by atoms with E-state index in [4.69, 9.17) is 33.7 Å². The Balaban J connectivity index is 2.20. The van der Waals surface area contributed by atoms with Gasteiger partial charge in [0.05, 0.1) is 10.0 Å². The zero-order chi connectivity index (χ0) is 14.5. The maximum atomic E-state index is 13.4. The number of para-hydroxylation sites is 1. The lowest BCUT2D eigenvalue weighted by Gasteiger charge is -2.13. The molecule has 0 heterocycles. The van der Waals surface area contributed by atoms with Gasteiger partial charge < -0.3 is 10.5 Å². The largest absolute Gasteiger partial charge is 0.487 e. The molecule has 2 nitrogen and oxygen atoms in total. The van der Waals surface area contributed by atoms with Crippen molar-refractivity contribution in [1.29, 1.82) is 0 Å². The Labute approximate surface area is 127 Å². The van der Waals surface area contributed by atoms with Crippen LogP contribution in [0.3, 0.4) is 0 Å². The molecule has 2 N–H and O–H groups in total. The summed E-state index contributed by atoms with van der Waals surface area (Å²) in [6.07, 6.45) is 0.660. The number of hydrogen-bond donors (Lipinski definition) is 1. The smallest absolute Gasteiger partial charge is 0.142 e. The average molecular weight is 314 g/mol. The number of hydrogen-bond acceptors (Lipinski definition) is 2. The number of nitrogens with two attached hydrogens (primary N) is 1. The lowest BCUT2D eigenvalue weighted by Crippen LogP contribution is -2.06. The van der Waals surface area contributed by atoms with Gasteiger partial charge in [-0.3, -0.25) is 0 Å². The highest BCUT2D eigenvalue weighted by atomic mass is 35.5. The highest BCUT2D eigenvalue weighted by Gasteiger charge is 2.11. The van der Waals surface area contributed by atoms with Gasteiger partial charge in [-0.1, -0.05) is 47.5 Å². The Morgan fingerprint density at radius 1 is 1.05 bits per heavy atom. The van der Waals surface area contributed by atoms with Gasteiger partial charge in [0.25, 0.3) is 0 Å². The number of ether oxygens (including phenoxy) is 1. The molecule has 0 aliphatic rings. The molecular formula is C15H14Cl2FNO. The number of halogens is 3. The molecule has 20 heavy (non-hydrogen) atoms. The monoisotopic (exact) mass is 313 g/mol. The first-order chi connectivity index (χ1) is 9.63. The first-order valence-corrected chi connectivity index (χ1v) is 6.92. The molecule has 0 amide bonds. The van der Waals surface area contributed by atoms with Crippen LogP contribution in [0.4, 0.5) is 4.39 Å². The van der Waals surface area contributed by atoms with Gasteiger partial charge >= 0.3 is 0 Å². The Bertz CT molecular complexity index is 604. The van der Waals surface area contributed by atoms with Crippen molar-refractivity contribution in [1.82, 2.24) is 0 Å². The number of benzene rings is 2. The van der Waals surface area contributed by atoms with Gasteiger partial charge in [0.2, 0.25) is 0 Å². The summed E-state index contributed by atoms with van der Waals surface area (Å²) in [6, 6.07) is 10.1. The van der Waals surface area contributed by atoms with E-state index in [1.807, 2.05) is 12.1 Å². The minimum absolute atomic E-state index is 0.0694. The van der Waals surface area contributed by atoms with E-state index in [0.29, 0.717) is 29.3 Å². The van der Waals surface area contributed by atoms with Crippen molar-refractivity contribution in [2.24, 2.45) is 5.73 Å². The van der Waals surface area contributed by atoms with E-state index >= 15 is 0 Å². The Morgan fingerprint density at radius 3 is 2.50 bits per heavy atom. The van der Waals surface area contributed by atoms with Crippen molar-refractivity contribution < 1.29 is 9.13 Å². The molecule has 0 fully saturated rings. The van der Waals surface area contributed by atoms with E-state index in [1.165, 1.54) is 6.07 Å². The first-order valence-electron chi connectivity index (χ1n) is 6.16. The standard InChI is InChI=1S/C15H14Cl2FNO/c16-12-5-1-3-10(7-8-19)15(12)20-9-11-4-2-6-13(18)14(11)17/h1-6H,7-9,19H2. The molecule has 0 saturated heterocycles. The second-order valence-electron chi connectivity index (χ2n) is 4.27. The van der Waals surface area contributed by atoms with Crippen LogP contribution in [0.15, 0.2) is 36.4 Å². The van der Waals surface area contributed by atoms with Crippen molar-refractivity contribution in [2.45, 2.75) is 13.0 Å². The van der Waals surface area contributed by atoms with E-state index < -0.39 is 5.82 Å². The van der Waals surface area contributed by atoms with Crippen molar-refractivity contribution >= 4 is 23.2 Å². The third kappa shape index (κ3) is 3.42. The zero-order valence-electron chi connectivity index (χ0n) is 10.7. The lowest BCUT2D eigenvalue weighted by molar-refractivity contribution is 0.302. The fourth-order valence-electron chi connectivity index (χ4n) is 1.88. The van der Waals surface area contributed by atoms with Crippen molar-refractivity contribution in [3.8, 4) is 5.75 Å². The quantitative estimate of drug-likeness (QED) is 0.897. The SMILES string of the molecule is NCCc1cccc(Cl)c1OCc1cccc(F)c1Cl. The second kappa shape index (κ2) is 6.93. The van der Waals surface area contributed by atoms with Gasteiger partial charge in [-0.25, -0.2) is 4.39 Å². The molecule has 5 heteroatoms. The lowest BCUT2D eigenvalue weighted by atomic mass is 10.1. The Morgan fingerprint density at radius 2 is 1.75 bits per heavy atom. The van der Waals surface area contributed by atoms with Crippen LogP contribution in [0.25, 0.3) is 0 Å². The topological polar surface area (TPSA) is 35.2 Å². The van der Waals surface area contributed by atoms with E-state index in [1.54, 1.807) is 18.2 Å². The minimum atomic E-state index is -0.464. The fraction of sp³-hybridized carbons (Fsp3) is 0.200. The van der Waals surface area contributed by atoms with Crippen LogP contribution >= 0.6 is 23.2 Å². The van der Waals surface area contributed by atoms with Gasteiger partial charge in [-0.2, -0.15) is 0 Å². The molecule has 2 rings (SSSR count). The average Bonchev–Trinajstić information content (AvgIpc) is 2.43. The molecule has 0 atom stereocenters. The van der Waals surface area contributed by atoms with Gasteiger partial charge in [0.1, 0.15) is 18.2 Å². The van der Waals surface area contributed by atoms with Gasteiger partial charge in [-0.05, 0) is 30.7 Å². The summed E-state index contributed by atoms with van der Waals surface area (Å²) < 4.78 is 19.1. The van der Waals surface area contributed by atoms with E-state index in [-0.39, 0.29) is 11.6 Å². The second-order valence-corrected chi connectivity index (χ2v) is 5.05. The highest BCUT2D eigenvalue weighted by Crippen LogP contribution is 2.30. The van der Waals surface area contributed by atoms with Gasteiger partial charge in [-0.15, -0.1) is 0 Å². The van der Waals surface area contributed by atoms with Gasteiger partial charge in [0.15, 0.2) is 0 Å². The first kappa shape index (κ1) is 15.1. The molecule has 0 radical (unpaired) electrons. The summed E-state index contributed by atoms with van der Waals surface area (Å²) in [6.45, 7) is 0.648. The maximum absolute atomic E-state index is 13.4. The van der Waals surface area contributed by atoms with Crippen LogP contribution in [0.1, 0.15) is 11.1 Å². The Hall–Kier alpha value is -1.29. The van der Waals surface area contributed by atoms with Crippen LogP contribution in [0.5, 0.6) is 5.75 Å². The summed E-state index contributed by atoms with van der Waals surface area (Å²) in [7, 11) is 0. The summed E-state index contributed by atoms with van der Waals surface area (Å²) >= 11 is 12.0. The minimum Gasteiger partial charge on any atom is -0.487 e. The molecule has 106 valence electrons. The fourth-order valence-corrected chi connectivity index (χ4v) is 2.31. The molecular weight excluding hydrogens is 300 g/mol. The molecule has 0 aliphatic carbocycles. The molecule has 0 aliphatic heterocycles. The third-order valence-electron chi connectivity index (χ3n) is 2.87. The summed E-state index contributed by atoms with van der Waals surface area (Å²) in [4.78, 5) is 0. The predicted molar refractivity (Wildman–Crippen MR) is 80.0 cm³/mol. The van der Waals surface area contributed by atoms with Crippen molar-refractivity contribution in [2.75, 3.05) is 6.54 Å². The zero-order valence-corrected chi connectivity index (χ0v) is 12.2. The normalized spacial score (nSPS) is 10.6. The van der Waals surface area contributed by atoms with Crippen molar-refractivity contribution in [3.63, 3.8) is 0 Å². The predicted octanol–water partition coefficient (Wildman–Crippen LogP) is 4.21. The maximum Gasteiger partial charge on any atom is 0.142 e. The van der Waals surface area contributed by atoms with Gasteiger partial charge in [0, 0.05) is 5.56 Å². The molecule has 0 bridgehead atoms. The van der Waals surface area contributed by atoms with Crippen LogP contribution in [0.2, 0.25) is 10.0 Å². The summed E-state index contributed by atoms with van der Waals surface area (Å²) in [5, 5.41) is 0.573. The van der Waals surface area contributed by atoms with Crippen LogP contribution < -0.4 is 10.5 Å². The number of rotatable bonds is 5. The van der Waals surface area contributed by atoms with Crippen LogP contribution in [-0.2, 0) is 13.0 Å². The molecule has 0 aromatic heterocycles.